The number of hydrogen-bond donors (Lipinski definition) is 1. The molecule has 3 rings (SSSR count). The van der Waals surface area contributed by atoms with Crippen LogP contribution in [0.4, 0.5) is 0 Å². The normalized spacial score (nSPS) is 34.8. The first-order valence-corrected chi connectivity index (χ1v) is 9.65. The van der Waals surface area contributed by atoms with Gasteiger partial charge >= 0.3 is 5.97 Å². The van der Waals surface area contributed by atoms with Crippen molar-refractivity contribution in [2.45, 2.75) is 89.6 Å². The molecule has 0 aromatic carbocycles. The zero-order valence-corrected chi connectivity index (χ0v) is 14.4. The van der Waals surface area contributed by atoms with Gasteiger partial charge in [0.25, 0.3) is 0 Å². The third-order valence-corrected chi connectivity index (χ3v) is 6.41. The second-order valence-electron chi connectivity index (χ2n) is 7.95. The van der Waals surface area contributed by atoms with Crippen LogP contribution < -0.4 is 0 Å². The molecule has 3 aliphatic rings. The van der Waals surface area contributed by atoms with Crippen molar-refractivity contribution >= 4 is 11.9 Å². The number of carbonyl (C=O) groups is 2. The van der Waals surface area contributed by atoms with Crippen molar-refractivity contribution in [2.24, 2.45) is 17.8 Å². The topological polar surface area (TPSA) is 57.6 Å². The maximum Gasteiger partial charge on any atom is 0.306 e. The van der Waals surface area contributed by atoms with Gasteiger partial charge in [0.15, 0.2) is 0 Å². The van der Waals surface area contributed by atoms with Crippen LogP contribution in [0.3, 0.4) is 0 Å². The lowest BCUT2D eigenvalue weighted by Crippen LogP contribution is -2.47. The Morgan fingerprint density at radius 1 is 0.826 bits per heavy atom. The van der Waals surface area contributed by atoms with Crippen LogP contribution >= 0.6 is 0 Å². The smallest absolute Gasteiger partial charge is 0.306 e. The molecular weight excluding hydrogens is 290 g/mol. The third-order valence-electron chi connectivity index (χ3n) is 6.41. The van der Waals surface area contributed by atoms with E-state index in [1.807, 2.05) is 0 Å². The summed E-state index contributed by atoms with van der Waals surface area (Å²) in [5, 5.41) is 9.13. The summed E-state index contributed by atoms with van der Waals surface area (Å²) in [4.78, 5) is 26.4. The van der Waals surface area contributed by atoms with Gasteiger partial charge in [0.1, 0.15) is 0 Å². The van der Waals surface area contributed by atoms with Gasteiger partial charge in [-0.2, -0.15) is 0 Å². The molecule has 3 aliphatic carbocycles. The van der Waals surface area contributed by atoms with Crippen LogP contribution in [0.25, 0.3) is 0 Å². The quantitative estimate of drug-likeness (QED) is 0.837. The van der Waals surface area contributed by atoms with E-state index in [0.717, 1.165) is 18.8 Å². The van der Waals surface area contributed by atoms with Gasteiger partial charge in [-0.05, 0) is 70.1 Å². The summed E-state index contributed by atoms with van der Waals surface area (Å²) in [6, 6.07) is 0.942. The first kappa shape index (κ1) is 16.8. The van der Waals surface area contributed by atoms with E-state index in [4.69, 9.17) is 5.11 Å². The number of aliphatic carboxylic acids is 1. The molecule has 3 saturated carbocycles. The number of hydrogen-bond acceptors (Lipinski definition) is 2. The van der Waals surface area contributed by atoms with E-state index in [0.29, 0.717) is 30.8 Å². The van der Waals surface area contributed by atoms with Crippen LogP contribution in [0, 0.1) is 17.8 Å². The van der Waals surface area contributed by atoms with Gasteiger partial charge in [-0.1, -0.05) is 13.3 Å². The zero-order valence-electron chi connectivity index (χ0n) is 14.4. The Kier molecular flexibility index (Phi) is 5.27. The molecule has 0 heterocycles. The Bertz CT molecular complexity index is 430. The molecule has 0 aliphatic heterocycles. The van der Waals surface area contributed by atoms with Crippen molar-refractivity contribution in [3.63, 3.8) is 0 Å². The molecule has 130 valence electrons. The number of carboxylic acid groups (broad SMARTS) is 1. The lowest BCUT2D eigenvalue weighted by atomic mass is 9.80. The zero-order chi connectivity index (χ0) is 16.4. The van der Waals surface area contributed by atoms with Crippen LogP contribution in [0.2, 0.25) is 0 Å². The van der Waals surface area contributed by atoms with Crippen molar-refractivity contribution in [1.82, 2.24) is 4.90 Å². The molecular formula is C19H31NO3. The highest BCUT2D eigenvalue weighted by Crippen LogP contribution is 2.39. The largest absolute Gasteiger partial charge is 0.481 e. The Morgan fingerprint density at radius 2 is 1.30 bits per heavy atom. The van der Waals surface area contributed by atoms with E-state index >= 15 is 0 Å². The van der Waals surface area contributed by atoms with E-state index < -0.39 is 5.97 Å². The summed E-state index contributed by atoms with van der Waals surface area (Å²) in [5.41, 5.74) is 0. The molecule has 1 amide bonds. The average Bonchev–Trinajstić information content (AvgIpc) is 3.40. The fourth-order valence-corrected chi connectivity index (χ4v) is 4.64. The average molecular weight is 321 g/mol. The van der Waals surface area contributed by atoms with Crippen molar-refractivity contribution in [3.8, 4) is 0 Å². The summed E-state index contributed by atoms with van der Waals surface area (Å²) in [6.45, 7) is 2.27. The SMILES string of the molecule is CCC1CCC(N(C(=O)C2CCC(C(=O)O)CC2)C2CC2)CC1. The molecule has 0 atom stereocenters. The molecule has 23 heavy (non-hydrogen) atoms. The predicted octanol–water partition coefficient (Wildman–Crippen LogP) is 3.84. The summed E-state index contributed by atoms with van der Waals surface area (Å²) < 4.78 is 0. The fraction of sp³-hybridized carbons (Fsp3) is 0.895. The summed E-state index contributed by atoms with van der Waals surface area (Å²) in [7, 11) is 0. The maximum atomic E-state index is 13.1. The number of rotatable bonds is 5. The highest BCUT2D eigenvalue weighted by Gasteiger charge is 2.42. The Labute approximate surface area is 139 Å². The second-order valence-corrected chi connectivity index (χ2v) is 7.95. The van der Waals surface area contributed by atoms with Gasteiger partial charge in [0, 0.05) is 18.0 Å². The molecule has 0 saturated heterocycles. The fourth-order valence-electron chi connectivity index (χ4n) is 4.64. The minimum Gasteiger partial charge on any atom is -0.481 e. The van der Waals surface area contributed by atoms with Crippen molar-refractivity contribution in [3.05, 3.63) is 0 Å². The number of amides is 1. The van der Waals surface area contributed by atoms with Crippen LogP contribution in [0.5, 0.6) is 0 Å². The van der Waals surface area contributed by atoms with Gasteiger partial charge in [-0.3, -0.25) is 9.59 Å². The van der Waals surface area contributed by atoms with Crippen LogP contribution in [-0.4, -0.2) is 34.0 Å². The monoisotopic (exact) mass is 321 g/mol. The van der Waals surface area contributed by atoms with Crippen LogP contribution in [0.1, 0.15) is 77.6 Å². The van der Waals surface area contributed by atoms with E-state index in [-0.39, 0.29) is 11.8 Å². The van der Waals surface area contributed by atoms with E-state index in [9.17, 15) is 9.59 Å². The summed E-state index contributed by atoms with van der Waals surface area (Å²) in [6.07, 6.45) is 11.4. The summed E-state index contributed by atoms with van der Waals surface area (Å²) in [5.74, 6) is 0.362. The first-order valence-electron chi connectivity index (χ1n) is 9.65. The first-order chi connectivity index (χ1) is 11.1. The molecule has 4 nitrogen and oxygen atoms in total. The molecule has 4 heteroatoms. The molecule has 0 aromatic heterocycles. The second kappa shape index (κ2) is 7.23. The van der Waals surface area contributed by atoms with Crippen molar-refractivity contribution < 1.29 is 14.7 Å². The summed E-state index contributed by atoms with van der Waals surface area (Å²) >= 11 is 0. The lowest BCUT2D eigenvalue weighted by Gasteiger charge is -2.40. The minimum absolute atomic E-state index is 0.0788. The van der Waals surface area contributed by atoms with Crippen LogP contribution in [0.15, 0.2) is 0 Å². The lowest BCUT2D eigenvalue weighted by molar-refractivity contribution is -0.147. The number of carboxylic acids is 1. The predicted molar refractivity (Wildman–Crippen MR) is 89.0 cm³/mol. The molecule has 0 radical (unpaired) electrons. The number of nitrogens with zero attached hydrogens (tertiary/aromatic N) is 1. The van der Waals surface area contributed by atoms with Gasteiger partial charge in [-0.15, -0.1) is 0 Å². The Hall–Kier alpha value is -1.06. The third kappa shape index (κ3) is 3.89. The Morgan fingerprint density at radius 3 is 1.74 bits per heavy atom. The van der Waals surface area contributed by atoms with Gasteiger partial charge in [0.2, 0.25) is 5.91 Å². The van der Waals surface area contributed by atoms with Crippen molar-refractivity contribution in [2.75, 3.05) is 0 Å². The van der Waals surface area contributed by atoms with E-state index in [1.54, 1.807) is 0 Å². The molecule has 0 bridgehead atoms. The van der Waals surface area contributed by atoms with Gasteiger partial charge in [-0.25, -0.2) is 0 Å². The van der Waals surface area contributed by atoms with Gasteiger partial charge in [0.05, 0.1) is 5.92 Å². The van der Waals surface area contributed by atoms with E-state index in [1.165, 1.54) is 44.9 Å². The molecule has 0 aromatic rings. The van der Waals surface area contributed by atoms with Crippen molar-refractivity contribution in [1.29, 1.82) is 0 Å². The highest BCUT2D eigenvalue weighted by atomic mass is 16.4. The maximum absolute atomic E-state index is 13.1. The highest BCUT2D eigenvalue weighted by molar-refractivity contribution is 5.80. The Balaban J connectivity index is 1.58. The molecule has 1 N–H and O–H groups in total. The molecule has 0 unspecified atom stereocenters. The van der Waals surface area contributed by atoms with Crippen LogP contribution in [-0.2, 0) is 9.59 Å². The molecule has 0 spiro atoms. The van der Waals surface area contributed by atoms with Gasteiger partial charge < -0.3 is 10.0 Å². The standard InChI is InChI=1S/C19H31NO3/c1-2-13-3-9-16(10-4-13)20(17-11-12-17)18(21)14-5-7-15(8-6-14)19(22)23/h13-17H,2-12H2,1H3,(H,22,23). The molecule has 3 fully saturated rings. The minimum atomic E-state index is -0.687. The number of carbonyl (C=O) groups excluding carboxylic acids is 1. The van der Waals surface area contributed by atoms with E-state index in [2.05, 4.69) is 11.8 Å².